The van der Waals surface area contributed by atoms with Gasteiger partial charge in [-0.05, 0) is 16.5 Å². The van der Waals surface area contributed by atoms with Gasteiger partial charge in [-0.2, -0.15) is 0 Å². The molecule has 2 bridgehead atoms. The van der Waals surface area contributed by atoms with Crippen LogP contribution < -0.4 is 0 Å². The summed E-state index contributed by atoms with van der Waals surface area (Å²) in [5.41, 5.74) is 2.11. The molecule has 2 heterocycles. The molecule has 0 aromatic heterocycles. The molecule has 2 aliphatic rings. The van der Waals surface area contributed by atoms with E-state index in [2.05, 4.69) is 32.9 Å². The molecule has 0 spiro atoms. The highest BCUT2D eigenvalue weighted by Gasteiger charge is 2.73. The summed E-state index contributed by atoms with van der Waals surface area (Å²) in [5.74, 6) is 0.0304. The lowest BCUT2D eigenvalue weighted by Crippen LogP contribution is -2.52. The molecule has 3 nitrogen and oxygen atoms in total. The Labute approximate surface area is 185 Å². The largest absolute Gasteiger partial charge is 0.358 e. The Hall–Kier alpha value is -2.32. The minimum absolute atomic E-state index is 0.0304. The Balaban J connectivity index is 1.94. The van der Waals surface area contributed by atoms with E-state index in [4.69, 9.17) is 9.26 Å². The van der Waals surface area contributed by atoms with Gasteiger partial charge in [0.2, 0.25) is 0 Å². The van der Waals surface area contributed by atoms with Crippen LogP contribution in [0, 0.1) is 5.41 Å². The average molecular weight is 430 g/mol. The van der Waals surface area contributed by atoms with Crippen LogP contribution in [-0.2, 0) is 20.2 Å². The molecular weight excluding hydrogens is 403 g/mol. The molecule has 0 aliphatic carbocycles. The third-order valence-electron chi connectivity index (χ3n) is 6.50. The first-order chi connectivity index (χ1) is 14.9. The molecule has 0 saturated carbocycles. The van der Waals surface area contributed by atoms with Crippen molar-refractivity contribution >= 4 is 13.9 Å². The zero-order valence-corrected chi connectivity index (χ0v) is 19.2. The molecule has 158 valence electrons. The maximum atomic E-state index is 14.3. The Morgan fingerprint density at radius 2 is 1.39 bits per heavy atom. The van der Waals surface area contributed by atoms with Crippen molar-refractivity contribution < 1.29 is 14.1 Å². The van der Waals surface area contributed by atoms with Gasteiger partial charge in [0, 0.05) is 18.2 Å². The highest BCUT2D eigenvalue weighted by atomic mass is 31.1. The van der Waals surface area contributed by atoms with Crippen LogP contribution in [0.1, 0.15) is 47.8 Å². The molecule has 2 aliphatic heterocycles. The van der Waals surface area contributed by atoms with Crippen molar-refractivity contribution in [1.82, 2.24) is 0 Å². The summed E-state index contributed by atoms with van der Waals surface area (Å²) in [4.78, 5) is 14.3. The summed E-state index contributed by atoms with van der Waals surface area (Å²) >= 11 is 0. The molecule has 1 fully saturated rings. The van der Waals surface area contributed by atoms with Gasteiger partial charge in [0.15, 0.2) is 16.7 Å². The maximum absolute atomic E-state index is 14.3. The number of rotatable bonds is 3. The van der Waals surface area contributed by atoms with Crippen molar-refractivity contribution in [1.29, 1.82) is 0 Å². The van der Waals surface area contributed by atoms with Crippen molar-refractivity contribution in [3.8, 4) is 0 Å². The fourth-order valence-electron chi connectivity index (χ4n) is 5.44. The van der Waals surface area contributed by atoms with Crippen molar-refractivity contribution in [2.24, 2.45) is 5.41 Å². The fraction of sp³-hybridized carbons (Fsp3) is 0.296. The number of carbonyl (C=O) groups excluding carboxylic acids is 1. The zero-order chi connectivity index (χ0) is 21.9. The van der Waals surface area contributed by atoms with E-state index >= 15 is 0 Å². The third-order valence-corrected chi connectivity index (χ3v) is 9.71. The van der Waals surface area contributed by atoms with Gasteiger partial charge in [0.05, 0.1) is 13.8 Å². The van der Waals surface area contributed by atoms with Gasteiger partial charge in [-0.15, -0.1) is 0 Å². The predicted molar refractivity (Wildman–Crippen MR) is 124 cm³/mol. The molecule has 0 unspecified atom stereocenters. The number of hydrogen-bond acceptors (Lipinski definition) is 3. The SMILES string of the molecule is CO[P@@]1[C@H](C(C)(C)C)[C@@]2(c3ccccc3)O[C@]1(c1ccccc1)c1ccccc1C2=O. The highest BCUT2D eigenvalue weighted by Crippen LogP contribution is 2.79. The second-order valence-corrected chi connectivity index (χ2v) is 11.5. The quantitative estimate of drug-likeness (QED) is 0.447. The molecule has 31 heavy (non-hydrogen) atoms. The van der Waals surface area contributed by atoms with E-state index in [1.165, 1.54) is 0 Å². The van der Waals surface area contributed by atoms with Crippen LogP contribution in [0.3, 0.4) is 0 Å². The average Bonchev–Trinajstić information content (AvgIpc) is 3.09. The number of fused-ring (bicyclic) bond motifs is 4. The number of benzene rings is 3. The highest BCUT2D eigenvalue weighted by molar-refractivity contribution is 7.55. The van der Waals surface area contributed by atoms with Crippen molar-refractivity contribution in [2.75, 3.05) is 7.11 Å². The molecule has 0 radical (unpaired) electrons. The van der Waals surface area contributed by atoms with Gasteiger partial charge < -0.3 is 9.26 Å². The third kappa shape index (κ3) is 2.67. The normalized spacial score (nSPS) is 29.6. The van der Waals surface area contributed by atoms with E-state index in [0.717, 1.165) is 22.3 Å². The number of ketones is 1. The first kappa shape index (κ1) is 20.6. The second-order valence-electron chi connectivity index (χ2n) is 9.37. The number of carbonyl (C=O) groups is 1. The van der Waals surface area contributed by atoms with Crippen LogP contribution >= 0.6 is 8.15 Å². The fourth-order valence-corrected chi connectivity index (χ4v) is 8.69. The smallest absolute Gasteiger partial charge is 0.200 e. The van der Waals surface area contributed by atoms with Gasteiger partial charge in [-0.3, -0.25) is 4.79 Å². The van der Waals surface area contributed by atoms with Crippen LogP contribution in [0.15, 0.2) is 84.9 Å². The molecule has 5 rings (SSSR count). The summed E-state index contributed by atoms with van der Waals surface area (Å²) < 4.78 is 13.5. The Morgan fingerprint density at radius 1 is 0.839 bits per heavy atom. The van der Waals surface area contributed by atoms with Gasteiger partial charge in [-0.1, -0.05) is 106 Å². The van der Waals surface area contributed by atoms with Gasteiger partial charge in [-0.25, -0.2) is 0 Å². The lowest BCUT2D eigenvalue weighted by molar-refractivity contribution is -0.0803. The second kappa shape index (κ2) is 7.10. The van der Waals surface area contributed by atoms with Crippen LogP contribution in [0.25, 0.3) is 0 Å². The number of ether oxygens (including phenoxy) is 1. The van der Waals surface area contributed by atoms with Crippen LogP contribution in [0.4, 0.5) is 0 Å². The summed E-state index contributed by atoms with van der Waals surface area (Å²) in [5, 5.41) is -0.816. The van der Waals surface area contributed by atoms with Gasteiger partial charge in [0.25, 0.3) is 0 Å². The topological polar surface area (TPSA) is 35.5 Å². The van der Waals surface area contributed by atoms with Crippen LogP contribution in [0.2, 0.25) is 0 Å². The standard InChI is InChI=1S/C27H27O3P/c1-25(2,3)24-26(19-13-7-5-8-14-19)23(28)21-17-11-12-18-22(21)27(30-26,31(24)29-4)20-15-9-6-10-16-20/h5-18,24H,1-4H3/t24-,26+,27+,31+/m1/s1. The van der Waals surface area contributed by atoms with E-state index in [9.17, 15) is 4.79 Å². The van der Waals surface area contributed by atoms with E-state index in [0.29, 0.717) is 0 Å². The van der Waals surface area contributed by atoms with Gasteiger partial charge >= 0.3 is 0 Å². The van der Waals surface area contributed by atoms with E-state index in [1.807, 2.05) is 72.8 Å². The summed E-state index contributed by atoms with van der Waals surface area (Å²) in [7, 11) is 0.545. The van der Waals surface area contributed by atoms with Crippen LogP contribution in [-0.4, -0.2) is 18.6 Å². The first-order valence-electron chi connectivity index (χ1n) is 10.7. The molecule has 4 atom stereocenters. The van der Waals surface area contributed by atoms with Crippen molar-refractivity contribution in [2.45, 2.75) is 37.4 Å². The number of hydrogen-bond donors (Lipinski definition) is 0. The molecule has 1 saturated heterocycles. The predicted octanol–water partition coefficient (Wildman–Crippen LogP) is 6.47. The monoisotopic (exact) mass is 430 g/mol. The molecule has 3 aromatic rings. The molecular formula is C27H27O3P. The van der Waals surface area contributed by atoms with E-state index < -0.39 is 19.1 Å². The minimum atomic E-state index is -1.22. The summed E-state index contributed by atoms with van der Waals surface area (Å²) in [6.45, 7) is 6.58. The molecule has 0 N–H and O–H groups in total. The Bertz CT molecular complexity index is 1120. The van der Waals surface area contributed by atoms with Gasteiger partial charge in [0.1, 0.15) is 0 Å². The van der Waals surface area contributed by atoms with Crippen LogP contribution in [0.5, 0.6) is 0 Å². The molecule has 3 aromatic carbocycles. The lowest BCUT2D eigenvalue weighted by atomic mass is 9.71. The lowest BCUT2D eigenvalue weighted by Gasteiger charge is -2.43. The molecule has 4 heteroatoms. The Morgan fingerprint density at radius 3 is 1.97 bits per heavy atom. The Kier molecular flexibility index (Phi) is 4.71. The maximum Gasteiger partial charge on any atom is 0.200 e. The summed E-state index contributed by atoms with van der Waals surface area (Å²) in [6.07, 6.45) is 0. The first-order valence-corrected chi connectivity index (χ1v) is 12.0. The minimum Gasteiger partial charge on any atom is -0.358 e. The summed E-state index contributed by atoms with van der Waals surface area (Å²) in [6, 6.07) is 28.2. The van der Waals surface area contributed by atoms with Crippen molar-refractivity contribution in [3.63, 3.8) is 0 Å². The number of Topliss-reactive ketones (excluding diaryl/α,β-unsaturated/α-hetero) is 1. The molecule has 0 amide bonds. The zero-order valence-electron chi connectivity index (χ0n) is 18.3. The van der Waals surface area contributed by atoms with E-state index in [1.54, 1.807) is 7.11 Å². The van der Waals surface area contributed by atoms with Crippen molar-refractivity contribution in [3.05, 3.63) is 107 Å². The van der Waals surface area contributed by atoms with E-state index in [-0.39, 0.29) is 16.9 Å².